The molecule has 16 heavy (non-hydrogen) atoms. The van der Waals surface area contributed by atoms with Crippen molar-refractivity contribution in [1.29, 1.82) is 0 Å². The van der Waals surface area contributed by atoms with Gasteiger partial charge in [0, 0.05) is 0 Å². The zero-order valence-electron chi connectivity index (χ0n) is 9.11. The number of hydrogen-bond donors (Lipinski definition) is 0. The molecule has 0 saturated carbocycles. The van der Waals surface area contributed by atoms with Crippen molar-refractivity contribution in [2.75, 3.05) is 7.11 Å². The van der Waals surface area contributed by atoms with Crippen LogP contribution in [0.1, 0.15) is 0 Å². The fourth-order valence-electron chi connectivity index (χ4n) is 1.36. The molecule has 0 aliphatic rings. The van der Waals surface area contributed by atoms with E-state index in [2.05, 4.69) is 6.07 Å². The van der Waals surface area contributed by atoms with Gasteiger partial charge in [0.25, 0.3) is 0 Å². The monoisotopic (exact) mass is 286 g/mol. The summed E-state index contributed by atoms with van der Waals surface area (Å²) in [6, 6.07) is 18.9. The molecule has 0 amide bonds. The molecule has 0 aliphatic heterocycles. The Morgan fingerprint density at radius 1 is 0.875 bits per heavy atom. The van der Waals surface area contributed by atoms with Crippen LogP contribution in [0.5, 0.6) is 5.75 Å². The minimum absolute atomic E-state index is 0. The van der Waals surface area contributed by atoms with Gasteiger partial charge in [-0.25, -0.2) is 0 Å². The second-order valence-corrected chi connectivity index (χ2v) is 3.02. The second-order valence-electron chi connectivity index (χ2n) is 3.02. The maximum Gasteiger partial charge on any atom is 2.00 e. The van der Waals surface area contributed by atoms with Crippen molar-refractivity contribution in [1.82, 2.24) is 0 Å². The predicted molar refractivity (Wildman–Crippen MR) is 63.0 cm³/mol. The van der Waals surface area contributed by atoms with E-state index in [-0.39, 0.29) is 40.0 Å². The van der Waals surface area contributed by atoms with Gasteiger partial charge in [0.15, 0.2) is 0 Å². The molecule has 0 atom stereocenters. The Balaban J connectivity index is 0.00000112. The molecule has 2 aromatic carbocycles. The zero-order valence-corrected chi connectivity index (χ0v) is 12.1. The summed E-state index contributed by atoms with van der Waals surface area (Å²) in [6.07, 6.45) is 0. The van der Waals surface area contributed by atoms with Crippen molar-refractivity contribution in [3.8, 4) is 16.9 Å². The van der Waals surface area contributed by atoms with Crippen LogP contribution < -0.4 is 21.7 Å². The number of benzene rings is 2. The van der Waals surface area contributed by atoms with Gasteiger partial charge >= 0.3 is 23.1 Å². The van der Waals surface area contributed by atoms with E-state index >= 15 is 0 Å². The smallest absolute Gasteiger partial charge is 1.00 e. The average Bonchev–Trinajstić information content (AvgIpc) is 2.30. The van der Waals surface area contributed by atoms with Crippen molar-refractivity contribution in [3.05, 3.63) is 54.6 Å². The molecular formula is C13H11BrMgO. The molecule has 0 bridgehead atoms. The van der Waals surface area contributed by atoms with Gasteiger partial charge in [0.05, 0.1) is 7.11 Å². The fraction of sp³-hybridized carbons (Fsp3) is 0.0769. The van der Waals surface area contributed by atoms with Gasteiger partial charge in [-0.2, -0.15) is 30.3 Å². The van der Waals surface area contributed by atoms with Crippen LogP contribution in [0.2, 0.25) is 0 Å². The molecule has 0 spiro atoms. The van der Waals surface area contributed by atoms with E-state index in [1.54, 1.807) is 7.11 Å². The number of hydrogen-bond acceptors (Lipinski definition) is 1. The summed E-state index contributed by atoms with van der Waals surface area (Å²) in [5, 5.41) is 0. The maximum absolute atomic E-state index is 5.10. The first-order valence-corrected chi connectivity index (χ1v) is 4.51. The first-order chi connectivity index (χ1) is 6.90. The molecule has 2 aromatic rings. The Hall–Kier alpha value is -0.514. The summed E-state index contributed by atoms with van der Waals surface area (Å²) in [4.78, 5) is 0. The van der Waals surface area contributed by atoms with Crippen molar-refractivity contribution >= 4 is 23.1 Å². The maximum atomic E-state index is 5.10. The van der Waals surface area contributed by atoms with Gasteiger partial charge in [-0.05, 0) is 17.7 Å². The molecule has 2 rings (SSSR count). The molecule has 78 valence electrons. The molecule has 0 aromatic heterocycles. The van der Waals surface area contributed by atoms with E-state index in [9.17, 15) is 0 Å². The molecule has 0 aliphatic carbocycles. The minimum atomic E-state index is 0. The summed E-state index contributed by atoms with van der Waals surface area (Å²) >= 11 is 0. The van der Waals surface area contributed by atoms with Crippen LogP contribution in [0.4, 0.5) is 0 Å². The van der Waals surface area contributed by atoms with Crippen molar-refractivity contribution in [2.24, 2.45) is 0 Å². The largest absolute Gasteiger partial charge is 2.00 e. The molecule has 0 heterocycles. The predicted octanol–water partition coefficient (Wildman–Crippen LogP) is -0.214. The topological polar surface area (TPSA) is 9.23 Å². The van der Waals surface area contributed by atoms with Crippen molar-refractivity contribution in [3.63, 3.8) is 0 Å². The molecule has 0 N–H and O–H groups in total. The average molecular weight is 287 g/mol. The molecule has 0 radical (unpaired) electrons. The first-order valence-electron chi connectivity index (χ1n) is 4.51. The van der Waals surface area contributed by atoms with Crippen LogP contribution in [-0.2, 0) is 0 Å². The van der Waals surface area contributed by atoms with Crippen molar-refractivity contribution < 1.29 is 21.7 Å². The van der Waals surface area contributed by atoms with Crippen LogP contribution in [-0.4, -0.2) is 30.2 Å². The zero-order chi connectivity index (χ0) is 9.80. The fourth-order valence-corrected chi connectivity index (χ4v) is 1.36. The van der Waals surface area contributed by atoms with Gasteiger partial charge in [-0.3, -0.25) is 0 Å². The quantitative estimate of drug-likeness (QED) is 0.548. The van der Waals surface area contributed by atoms with Crippen LogP contribution in [0.15, 0.2) is 48.5 Å². The Labute approximate surface area is 123 Å². The van der Waals surface area contributed by atoms with E-state index < -0.39 is 0 Å². The summed E-state index contributed by atoms with van der Waals surface area (Å²) in [5.41, 5.74) is 2.39. The molecule has 0 unspecified atom stereocenters. The van der Waals surface area contributed by atoms with Gasteiger partial charge < -0.3 is 21.7 Å². The number of halogens is 1. The Bertz CT molecular complexity index is 400. The summed E-state index contributed by atoms with van der Waals surface area (Å²) in [5.74, 6) is 0.885. The van der Waals surface area contributed by atoms with Gasteiger partial charge in [0.1, 0.15) is 5.75 Å². The standard InChI is InChI=1S/C13H11O.BrH.Mg/c1-14-13-9-7-12(8-10-13)11-5-3-2-4-6-11;;/h3-10H,1H3;1H;/q-1;;+2/p-1. The Kier molecular flexibility index (Phi) is 7.46. The van der Waals surface area contributed by atoms with E-state index in [1.165, 1.54) is 11.1 Å². The van der Waals surface area contributed by atoms with Gasteiger partial charge in [-0.15, -0.1) is 5.56 Å². The third-order valence-electron chi connectivity index (χ3n) is 2.14. The van der Waals surface area contributed by atoms with Gasteiger partial charge in [-0.1, -0.05) is 12.1 Å². The molecule has 1 nitrogen and oxygen atoms in total. The molecule has 0 fully saturated rings. The van der Waals surface area contributed by atoms with Crippen LogP contribution >= 0.6 is 0 Å². The Morgan fingerprint density at radius 2 is 1.38 bits per heavy atom. The summed E-state index contributed by atoms with van der Waals surface area (Å²) in [7, 11) is 1.67. The van der Waals surface area contributed by atoms with Gasteiger partial charge in [0.2, 0.25) is 0 Å². The first kappa shape index (κ1) is 15.5. The van der Waals surface area contributed by atoms with Crippen molar-refractivity contribution in [2.45, 2.75) is 0 Å². The summed E-state index contributed by atoms with van der Waals surface area (Å²) in [6.45, 7) is 0. The SMILES string of the molecule is COc1ccc(-c2cc[c-]cc2)cc1.[Br-].[Mg+2]. The molecule has 3 heteroatoms. The third-order valence-corrected chi connectivity index (χ3v) is 2.14. The molecule has 0 saturated heterocycles. The van der Waals surface area contributed by atoms with E-state index in [4.69, 9.17) is 4.74 Å². The third kappa shape index (κ3) is 3.81. The van der Waals surface area contributed by atoms with E-state index in [0.29, 0.717) is 0 Å². The van der Waals surface area contributed by atoms with Crippen LogP contribution in [0.25, 0.3) is 11.1 Å². The number of rotatable bonds is 2. The van der Waals surface area contributed by atoms with Crippen LogP contribution in [0.3, 0.4) is 0 Å². The van der Waals surface area contributed by atoms with E-state index in [0.717, 1.165) is 5.75 Å². The second kappa shape index (κ2) is 7.71. The molecular weight excluding hydrogens is 276 g/mol. The summed E-state index contributed by atoms with van der Waals surface area (Å²) < 4.78 is 5.10. The minimum Gasteiger partial charge on any atom is -1.00 e. The van der Waals surface area contributed by atoms with E-state index in [1.807, 2.05) is 48.5 Å². The normalized spacial score (nSPS) is 8.56. The number of methoxy groups -OCH3 is 1. The Morgan fingerprint density at radius 3 is 1.88 bits per heavy atom. The van der Waals surface area contributed by atoms with Crippen LogP contribution in [0, 0.1) is 6.07 Å². The number of ether oxygens (including phenoxy) is 1.